The Morgan fingerprint density at radius 2 is 2.07 bits per heavy atom. The van der Waals surface area contributed by atoms with Gasteiger partial charge in [-0.25, -0.2) is 0 Å². The van der Waals surface area contributed by atoms with Crippen LogP contribution in [0.5, 0.6) is 5.75 Å². The van der Waals surface area contributed by atoms with Crippen LogP contribution >= 0.6 is 0 Å². The second kappa shape index (κ2) is 4.46. The number of hydrogen-bond acceptors (Lipinski definition) is 3. The quantitative estimate of drug-likeness (QED) is 0.589. The normalized spacial score (nSPS) is 11.1. The van der Waals surface area contributed by atoms with Crippen molar-refractivity contribution in [2.24, 2.45) is 0 Å². The Kier molecular flexibility index (Phi) is 3.29. The fourth-order valence-corrected chi connectivity index (χ4v) is 1.13. The van der Waals surface area contributed by atoms with Crippen LogP contribution < -0.4 is 4.74 Å². The number of carbonyl (C=O) groups is 1. The van der Waals surface area contributed by atoms with E-state index in [0.717, 1.165) is 6.08 Å². The molecule has 1 aromatic rings. The molecule has 0 aliphatic carbocycles. The maximum absolute atomic E-state index is 10.7. The van der Waals surface area contributed by atoms with Crippen LogP contribution in [0.3, 0.4) is 0 Å². The highest BCUT2D eigenvalue weighted by atomic mass is 16.5. The summed E-state index contributed by atoms with van der Waals surface area (Å²) in [4.78, 5) is 10.7. The number of aliphatic hydroxyl groups is 1. The summed E-state index contributed by atoms with van der Waals surface area (Å²) in [5.74, 6) is 0.269. The number of hydrogen-bond donors (Lipinski definition) is 1. The highest BCUT2D eigenvalue weighted by Crippen LogP contribution is 2.23. The molecule has 0 aliphatic rings. The van der Waals surface area contributed by atoms with Gasteiger partial charge >= 0.3 is 0 Å². The molecule has 0 aromatic heterocycles. The third-order valence-electron chi connectivity index (χ3n) is 1.72. The van der Waals surface area contributed by atoms with Crippen LogP contribution in [-0.2, 0) is 4.79 Å². The first-order chi connectivity index (χ1) is 6.65. The topological polar surface area (TPSA) is 46.5 Å². The van der Waals surface area contributed by atoms with Crippen LogP contribution in [0.2, 0.25) is 0 Å². The molecule has 0 bridgehead atoms. The fraction of sp³-hybridized carbons (Fsp3) is 0.182. The molecule has 0 saturated heterocycles. The highest BCUT2D eigenvalue weighted by Gasteiger charge is 2.06. The molecular weight excluding hydrogens is 180 g/mol. The Balaban J connectivity index is 3.11. The summed E-state index contributed by atoms with van der Waals surface area (Å²) < 4.78 is 5.04. The number of carbonyl (C=O) groups excluding carboxylic acids is 1. The number of ether oxygens (including phenoxy) is 1. The number of benzene rings is 1. The van der Waals surface area contributed by atoms with E-state index in [2.05, 4.69) is 0 Å². The molecule has 1 aromatic carbocycles. The van der Waals surface area contributed by atoms with Gasteiger partial charge in [0.2, 0.25) is 0 Å². The Hall–Kier alpha value is -1.77. The van der Waals surface area contributed by atoms with E-state index < -0.39 is 0 Å². The molecule has 0 saturated carbocycles. The Labute approximate surface area is 82.6 Å². The summed E-state index contributed by atoms with van der Waals surface area (Å²) >= 11 is 0. The van der Waals surface area contributed by atoms with Crippen molar-refractivity contribution >= 4 is 11.5 Å². The van der Waals surface area contributed by atoms with Crippen molar-refractivity contribution < 1.29 is 14.6 Å². The van der Waals surface area contributed by atoms with Crippen molar-refractivity contribution in [3.05, 3.63) is 35.9 Å². The van der Waals surface area contributed by atoms with E-state index in [4.69, 9.17) is 4.74 Å². The SMILES string of the molecule is COc1ccccc1C(O)=CC(C)=O. The van der Waals surface area contributed by atoms with Crippen molar-refractivity contribution in [1.29, 1.82) is 0 Å². The zero-order chi connectivity index (χ0) is 10.6. The lowest BCUT2D eigenvalue weighted by molar-refractivity contribution is -0.112. The maximum Gasteiger partial charge on any atom is 0.156 e. The minimum Gasteiger partial charge on any atom is -0.507 e. The van der Waals surface area contributed by atoms with Crippen LogP contribution in [0.25, 0.3) is 5.76 Å². The molecule has 0 heterocycles. The molecule has 0 unspecified atom stereocenters. The third-order valence-corrected chi connectivity index (χ3v) is 1.72. The van der Waals surface area contributed by atoms with Crippen LogP contribution in [0, 0.1) is 0 Å². The van der Waals surface area contributed by atoms with E-state index in [1.54, 1.807) is 24.3 Å². The van der Waals surface area contributed by atoms with Gasteiger partial charge in [0.25, 0.3) is 0 Å². The molecule has 0 fully saturated rings. The summed E-state index contributed by atoms with van der Waals surface area (Å²) in [6.45, 7) is 1.38. The number of para-hydroxylation sites is 1. The van der Waals surface area contributed by atoms with Crippen LogP contribution in [0.4, 0.5) is 0 Å². The predicted molar refractivity (Wildman–Crippen MR) is 54.3 cm³/mol. The lowest BCUT2D eigenvalue weighted by atomic mass is 10.1. The number of ketones is 1. The lowest BCUT2D eigenvalue weighted by Gasteiger charge is -2.06. The molecule has 3 nitrogen and oxygen atoms in total. The van der Waals surface area contributed by atoms with Gasteiger partial charge in [0, 0.05) is 6.08 Å². The van der Waals surface area contributed by atoms with Gasteiger partial charge in [0.1, 0.15) is 11.5 Å². The lowest BCUT2D eigenvalue weighted by Crippen LogP contribution is -1.93. The molecule has 0 aliphatic heterocycles. The molecule has 0 spiro atoms. The fourth-order valence-electron chi connectivity index (χ4n) is 1.13. The molecular formula is C11H12O3. The minimum absolute atomic E-state index is 0.0741. The molecule has 74 valence electrons. The van der Waals surface area contributed by atoms with Gasteiger partial charge in [-0.15, -0.1) is 0 Å². The van der Waals surface area contributed by atoms with Crippen molar-refractivity contribution in [3.8, 4) is 5.75 Å². The number of aliphatic hydroxyl groups excluding tert-OH is 1. The third kappa shape index (κ3) is 2.36. The van der Waals surface area contributed by atoms with Gasteiger partial charge in [-0.2, -0.15) is 0 Å². The van der Waals surface area contributed by atoms with Crippen LogP contribution in [0.15, 0.2) is 30.3 Å². The smallest absolute Gasteiger partial charge is 0.156 e. The predicted octanol–water partition coefficient (Wildman–Crippen LogP) is 2.18. The second-order valence-corrected chi connectivity index (χ2v) is 2.84. The Morgan fingerprint density at radius 1 is 1.43 bits per heavy atom. The molecule has 3 heteroatoms. The number of allylic oxidation sites excluding steroid dienone is 1. The van der Waals surface area contributed by atoms with E-state index >= 15 is 0 Å². The molecule has 0 radical (unpaired) electrons. The van der Waals surface area contributed by atoms with Crippen molar-refractivity contribution in [2.45, 2.75) is 6.92 Å². The van der Waals surface area contributed by atoms with Gasteiger partial charge in [-0.05, 0) is 19.1 Å². The first-order valence-corrected chi connectivity index (χ1v) is 4.19. The Bertz CT molecular complexity index is 367. The summed E-state index contributed by atoms with van der Waals surface area (Å²) in [6, 6.07) is 6.97. The molecule has 0 amide bonds. The van der Waals surface area contributed by atoms with Crippen molar-refractivity contribution in [1.82, 2.24) is 0 Å². The first kappa shape index (κ1) is 10.3. The average Bonchev–Trinajstić information content (AvgIpc) is 2.16. The summed E-state index contributed by atoms with van der Waals surface area (Å²) in [5.41, 5.74) is 0.519. The van der Waals surface area contributed by atoms with E-state index in [9.17, 15) is 9.90 Å². The molecule has 14 heavy (non-hydrogen) atoms. The van der Waals surface area contributed by atoms with E-state index in [1.807, 2.05) is 0 Å². The molecule has 1 N–H and O–H groups in total. The average molecular weight is 192 g/mol. The van der Waals surface area contributed by atoms with Gasteiger partial charge in [-0.3, -0.25) is 4.79 Å². The molecule has 0 atom stereocenters. The monoisotopic (exact) mass is 192 g/mol. The molecule has 1 rings (SSSR count). The number of rotatable bonds is 3. The van der Waals surface area contributed by atoms with Crippen molar-refractivity contribution in [2.75, 3.05) is 7.11 Å². The van der Waals surface area contributed by atoms with E-state index in [1.165, 1.54) is 14.0 Å². The number of methoxy groups -OCH3 is 1. The summed E-state index contributed by atoms with van der Waals surface area (Å²) in [5, 5.41) is 9.56. The van der Waals surface area contributed by atoms with Gasteiger partial charge in [0.05, 0.1) is 12.7 Å². The zero-order valence-electron chi connectivity index (χ0n) is 8.15. The largest absolute Gasteiger partial charge is 0.507 e. The standard InChI is InChI=1S/C11H12O3/c1-8(12)7-10(13)9-5-3-4-6-11(9)14-2/h3-7,13H,1-2H3. The van der Waals surface area contributed by atoms with Crippen LogP contribution in [0.1, 0.15) is 12.5 Å². The van der Waals surface area contributed by atoms with Crippen molar-refractivity contribution in [3.63, 3.8) is 0 Å². The van der Waals surface area contributed by atoms with Gasteiger partial charge in [0.15, 0.2) is 5.78 Å². The van der Waals surface area contributed by atoms with Gasteiger partial charge in [-0.1, -0.05) is 12.1 Å². The van der Waals surface area contributed by atoms with Gasteiger partial charge < -0.3 is 9.84 Å². The second-order valence-electron chi connectivity index (χ2n) is 2.84. The maximum atomic E-state index is 10.7. The Morgan fingerprint density at radius 3 is 2.64 bits per heavy atom. The first-order valence-electron chi connectivity index (χ1n) is 4.19. The van der Waals surface area contributed by atoms with E-state index in [-0.39, 0.29) is 11.5 Å². The minimum atomic E-state index is -0.201. The van der Waals surface area contributed by atoms with Crippen LogP contribution in [-0.4, -0.2) is 18.0 Å². The van der Waals surface area contributed by atoms with E-state index in [0.29, 0.717) is 11.3 Å². The highest BCUT2D eigenvalue weighted by molar-refractivity contribution is 5.93. The summed E-state index contributed by atoms with van der Waals surface area (Å²) in [7, 11) is 1.51. The zero-order valence-corrected chi connectivity index (χ0v) is 8.15. The summed E-state index contributed by atoms with van der Waals surface area (Å²) in [6.07, 6.45) is 1.16.